The van der Waals surface area contributed by atoms with Crippen LogP contribution >= 0.6 is 11.6 Å². The third-order valence-corrected chi connectivity index (χ3v) is 5.88. The molecule has 0 atom stereocenters. The maximum Gasteiger partial charge on any atom is 0.271 e. The van der Waals surface area contributed by atoms with E-state index in [0.717, 1.165) is 30.4 Å². The van der Waals surface area contributed by atoms with E-state index in [0.29, 0.717) is 18.9 Å². The minimum Gasteiger partial charge on any atom is -0.378 e. The molecule has 1 aliphatic heterocycles. The van der Waals surface area contributed by atoms with Gasteiger partial charge in [-0.3, -0.25) is 4.79 Å². The smallest absolute Gasteiger partial charge is 0.271 e. The van der Waals surface area contributed by atoms with E-state index >= 15 is 0 Å². The fraction of sp³-hybridized carbons (Fsp3) is 0.263. The second-order valence-electron chi connectivity index (χ2n) is 6.47. The number of rotatable bonds is 5. The first-order chi connectivity index (χ1) is 13.8. The van der Waals surface area contributed by atoms with E-state index in [2.05, 4.69) is 15.4 Å². The number of nitrogens with zero attached hydrogens (tertiary/aromatic N) is 2. The number of benzene rings is 2. The van der Waals surface area contributed by atoms with Crippen LogP contribution in [0, 0.1) is 0 Å². The number of hydrogen-bond donors (Lipinski definition) is 2. The number of nitrogens with one attached hydrogen (secondary N) is 1. The first-order valence-electron chi connectivity index (χ1n) is 8.86. The van der Waals surface area contributed by atoms with Crippen LogP contribution in [0.4, 0.5) is 5.69 Å². The number of carbonyl (C=O) groups excluding carboxylic acids is 1. The number of amides is 1. The van der Waals surface area contributed by atoms with Gasteiger partial charge >= 0.3 is 0 Å². The van der Waals surface area contributed by atoms with Gasteiger partial charge in [0.2, 0.25) is 10.0 Å². The Kier molecular flexibility index (Phi) is 6.53. The number of anilines is 1. The Morgan fingerprint density at radius 2 is 1.76 bits per heavy atom. The maximum absolute atomic E-state index is 12.3. The van der Waals surface area contributed by atoms with Crippen molar-refractivity contribution in [1.82, 2.24) is 5.43 Å². The van der Waals surface area contributed by atoms with Crippen LogP contribution in [0.25, 0.3) is 0 Å². The predicted molar refractivity (Wildman–Crippen MR) is 112 cm³/mol. The summed E-state index contributed by atoms with van der Waals surface area (Å²) in [5, 5.41) is 9.15. The van der Waals surface area contributed by atoms with Crippen molar-refractivity contribution < 1.29 is 17.9 Å². The summed E-state index contributed by atoms with van der Waals surface area (Å²) in [5.74, 6) is -0.573. The van der Waals surface area contributed by atoms with Crippen molar-refractivity contribution in [3.63, 3.8) is 0 Å². The van der Waals surface area contributed by atoms with Gasteiger partial charge < -0.3 is 9.64 Å². The Labute approximate surface area is 174 Å². The van der Waals surface area contributed by atoms with Gasteiger partial charge in [-0.05, 0) is 42.8 Å². The van der Waals surface area contributed by atoms with Crippen molar-refractivity contribution in [2.24, 2.45) is 10.2 Å². The summed E-state index contributed by atoms with van der Waals surface area (Å²) in [6.45, 7) is 4.90. The molecular weight excluding hydrogens is 416 g/mol. The van der Waals surface area contributed by atoms with E-state index in [9.17, 15) is 13.2 Å². The second-order valence-corrected chi connectivity index (χ2v) is 8.41. The lowest BCUT2D eigenvalue weighted by atomic mass is 10.1. The lowest BCUT2D eigenvalue weighted by Crippen LogP contribution is -2.36. The molecule has 0 aromatic heterocycles. The average Bonchev–Trinajstić information content (AvgIpc) is 2.72. The van der Waals surface area contributed by atoms with Crippen molar-refractivity contribution >= 4 is 38.9 Å². The Bertz CT molecular complexity index is 1030. The molecule has 0 spiro atoms. The molecule has 3 rings (SSSR count). The highest BCUT2D eigenvalue weighted by molar-refractivity contribution is 7.89. The van der Waals surface area contributed by atoms with Crippen LogP contribution in [0.15, 0.2) is 52.5 Å². The van der Waals surface area contributed by atoms with E-state index in [4.69, 9.17) is 21.5 Å². The summed E-state index contributed by atoms with van der Waals surface area (Å²) in [4.78, 5) is 14.2. The molecule has 2 aromatic rings. The van der Waals surface area contributed by atoms with Crippen LogP contribution < -0.4 is 15.5 Å². The molecule has 1 aliphatic rings. The van der Waals surface area contributed by atoms with Gasteiger partial charge in [0.05, 0.1) is 23.9 Å². The summed E-state index contributed by atoms with van der Waals surface area (Å²) < 4.78 is 28.4. The molecule has 2 aromatic carbocycles. The van der Waals surface area contributed by atoms with Crippen molar-refractivity contribution in [2.75, 3.05) is 31.2 Å². The SMILES string of the molecule is CC(=NNC(=O)c1ccc(Cl)c(S(N)(=O)=O)c1)c1ccc(N2CCOCC2)cc1. The molecular formula is C19H21ClN4O4S. The number of carbonyl (C=O) groups is 1. The second kappa shape index (κ2) is 8.91. The summed E-state index contributed by atoms with van der Waals surface area (Å²) in [6.07, 6.45) is 0. The minimum absolute atomic E-state index is 0.0518. The van der Waals surface area contributed by atoms with Gasteiger partial charge in [0.15, 0.2) is 0 Å². The molecule has 3 N–H and O–H groups in total. The number of halogens is 1. The summed E-state index contributed by atoms with van der Waals surface area (Å²) in [6, 6.07) is 11.7. The van der Waals surface area contributed by atoms with Gasteiger partial charge in [-0.15, -0.1) is 0 Å². The highest BCUT2D eigenvalue weighted by atomic mass is 35.5. The van der Waals surface area contributed by atoms with Gasteiger partial charge in [0.1, 0.15) is 4.90 Å². The van der Waals surface area contributed by atoms with Gasteiger partial charge in [-0.25, -0.2) is 19.0 Å². The molecule has 29 heavy (non-hydrogen) atoms. The van der Waals surface area contributed by atoms with E-state index in [1.54, 1.807) is 6.92 Å². The first-order valence-corrected chi connectivity index (χ1v) is 10.8. The van der Waals surface area contributed by atoms with Crippen LogP contribution in [0.3, 0.4) is 0 Å². The number of morpholine rings is 1. The normalized spacial score (nSPS) is 15.3. The Balaban J connectivity index is 1.70. The lowest BCUT2D eigenvalue weighted by Gasteiger charge is -2.28. The Morgan fingerprint density at radius 3 is 2.38 bits per heavy atom. The number of hydrogen-bond acceptors (Lipinski definition) is 6. The molecule has 0 bridgehead atoms. The topological polar surface area (TPSA) is 114 Å². The van der Waals surface area contributed by atoms with Crippen molar-refractivity contribution in [3.05, 3.63) is 58.6 Å². The Hall–Kier alpha value is -2.46. The number of primary sulfonamides is 1. The quantitative estimate of drug-likeness (QED) is 0.549. The lowest BCUT2D eigenvalue weighted by molar-refractivity contribution is 0.0954. The third kappa shape index (κ3) is 5.33. The maximum atomic E-state index is 12.3. The number of hydrazone groups is 1. The van der Waals surface area contributed by atoms with E-state index in [-0.39, 0.29) is 15.5 Å². The molecule has 0 unspecified atom stereocenters. The molecule has 1 heterocycles. The summed E-state index contributed by atoms with van der Waals surface area (Å²) >= 11 is 5.83. The number of nitrogens with two attached hydrogens (primary N) is 1. The molecule has 10 heteroatoms. The average molecular weight is 437 g/mol. The third-order valence-electron chi connectivity index (χ3n) is 4.49. The zero-order valence-electron chi connectivity index (χ0n) is 15.8. The highest BCUT2D eigenvalue weighted by Crippen LogP contribution is 2.21. The van der Waals surface area contributed by atoms with Gasteiger partial charge in [0.25, 0.3) is 5.91 Å². The van der Waals surface area contributed by atoms with E-state index < -0.39 is 15.9 Å². The number of sulfonamides is 1. The molecule has 1 amide bonds. The monoisotopic (exact) mass is 436 g/mol. The van der Waals surface area contributed by atoms with Crippen molar-refractivity contribution in [2.45, 2.75) is 11.8 Å². The largest absolute Gasteiger partial charge is 0.378 e. The van der Waals surface area contributed by atoms with E-state index in [1.807, 2.05) is 24.3 Å². The van der Waals surface area contributed by atoms with Crippen LogP contribution in [0.5, 0.6) is 0 Å². The first kappa shape index (κ1) is 21.3. The minimum atomic E-state index is -4.04. The van der Waals surface area contributed by atoms with Crippen molar-refractivity contribution in [3.8, 4) is 0 Å². The summed E-state index contributed by atoms with van der Waals surface area (Å²) in [5.41, 5.74) is 5.05. The molecule has 1 saturated heterocycles. The standard InChI is InChI=1S/C19H21ClN4O4S/c1-13(14-2-5-16(6-3-14)24-8-10-28-11-9-24)22-23-19(25)15-4-7-17(20)18(12-15)29(21,26)27/h2-7,12H,8-11H2,1H3,(H,23,25)(H2,21,26,27). The highest BCUT2D eigenvalue weighted by Gasteiger charge is 2.16. The van der Waals surface area contributed by atoms with Crippen molar-refractivity contribution in [1.29, 1.82) is 0 Å². The molecule has 8 nitrogen and oxygen atoms in total. The van der Waals surface area contributed by atoms with Gasteiger partial charge in [-0.1, -0.05) is 23.7 Å². The number of ether oxygens (including phenoxy) is 1. The fourth-order valence-corrected chi connectivity index (χ4v) is 3.93. The molecule has 0 aliphatic carbocycles. The molecule has 1 fully saturated rings. The van der Waals surface area contributed by atoms with Gasteiger partial charge in [-0.2, -0.15) is 5.10 Å². The van der Waals surface area contributed by atoms with Crippen LogP contribution in [-0.4, -0.2) is 46.3 Å². The fourth-order valence-electron chi connectivity index (χ4n) is 2.86. The predicted octanol–water partition coefficient (Wildman–Crippen LogP) is 1.98. The zero-order valence-corrected chi connectivity index (χ0v) is 17.3. The molecule has 0 saturated carbocycles. The summed E-state index contributed by atoms with van der Waals surface area (Å²) in [7, 11) is -4.04. The van der Waals surface area contributed by atoms with Crippen LogP contribution in [0.1, 0.15) is 22.8 Å². The van der Waals surface area contributed by atoms with Gasteiger partial charge in [0, 0.05) is 24.3 Å². The Morgan fingerprint density at radius 1 is 1.14 bits per heavy atom. The zero-order chi connectivity index (χ0) is 21.0. The van der Waals surface area contributed by atoms with Crippen LogP contribution in [0.2, 0.25) is 5.02 Å². The molecule has 0 radical (unpaired) electrons. The van der Waals surface area contributed by atoms with Crippen LogP contribution in [-0.2, 0) is 14.8 Å². The van der Waals surface area contributed by atoms with E-state index in [1.165, 1.54) is 12.1 Å². The molecule has 154 valence electrons.